The van der Waals surface area contributed by atoms with Crippen LogP contribution in [0.5, 0.6) is 0 Å². The van der Waals surface area contributed by atoms with Crippen LogP contribution >= 0.6 is 0 Å². The Morgan fingerprint density at radius 1 is 1.33 bits per heavy atom. The molecule has 0 saturated heterocycles. The average Bonchev–Trinajstić information content (AvgIpc) is 2.43. The molecule has 1 fully saturated rings. The molecule has 0 radical (unpaired) electrons. The lowest BCUT2D eigenvalue weighted by molar-refractivity contribution is 0.0265. The van der Waals surface area contributed by atoms with Gasteiger partial charge >= 0.3 is 0 Å². The highest BCUT2D eigenvalue weighted by Crippen LogP contribution is 2.27. The Morgan fingerprint density at radius 2 is 1.95 bits per heavy atom. The Labute approximate surface area is 126 Å². The molecule has 1 aliphatic rings. The first-order valence-corrected chi connectivity index (χ1v) is 7.59. The minimum absolute atomic E-state index is 0.0349. The molecule has 0 bridgehead atoms. The lowest BCUT2D eigenvalue weighted by Gasteiger charge is -2.34. The molecule has 4 heteroatoms. The summed E-state index contributed by atoms with van der Waals surface area (Å²) in [4.78, 5) is 14.1. The van der Waals surface area contributed by atoms with Gasteiger partial charge < -0.3 is 14.7 Å². The van der Waals surface area contributed by atoms with E-state index in [1.165, 1.54) is 0 Å². The van der Waals surface area contributed by atoms with Gasteiger partial charge in [-0.05, 0) is 50.3 Å². The van der Waals surface area contributed by atoms with Crippen molar-refractivity contribution in [1.29, 1.82) is 0 Å². The van der Waals surface area contributed by atoms with Crippen LogP contribution in [0.1, 0.15) is 42.6 Å². The van der Waals surface area contributed by atoms with Crippen molar-refractivity contribution in [3.63, 3.8) is 0 Å². The molecule has 1 N–H and O–H groups in total. The topological polar surface area (TPSA) is 49.8 Å². The average molecular weight is 291 g/mol. The van der Waals surface area contributed by atoms with Crippen molar-refractivity contribution in [2.75, 3.05) is 13.6 Å². The van der Waals surface area contributed by atoms with Gasteiger partial charge in [0.15, 0.2) is 0 Å². The fourth-order valence-corrected chi connectivity index (χ4v) is 2.55. The van der Waals surface area contributed by atoms with Crippen LogP contribution in [0.25, 0.3) is 0 Å². The van der Waals surface area contributed by atoms with E-state index in [0.29, 0.717) is 24.6 Å². The summed E-state index contributed by atoms with van der Waals surface area (Å²) in [5.74, 6) is 0.473. The Morgan fingerprint density at radius 3 is 2.48 bits per heavy atom. The number of ether oxygens (including phenoxy) is 1. The predicted molar refractivity (Wildman–Crippen MR) is 82.1 cm³/mol. The molecule has 0 aliphatic heterocycles. The van der Waals surface area contributed by atoms with Gasteiger partial charge in [-0.2, -0.15) is 0 Å². The Bertz CT molecular complexity index is 463. The summed E-state index contributed by atoms with van der Waals surface area (Å²) in [5.41, 5.74) is 1.77. The van der Waals surface area contributed by atoms with Crippen molar-refractivity contribution in [3.8, 4) is 0 Å². The summed E-state index contributed by atoms with van der Waals surface area (Å²) in [6, 6.07) is 7.59. The quantitative estimate of drug-likeness (QED) is 0.876. The zero-order valence-electron chi connectivity index (χ0n) is 13.1. The van der Waals surface area contributed by atoms with Crippen LogP contribution in [0.4, 0.5) is 0 Å². The number of benzene rings is 1. The van der Waals surface area contributed by atoms with Crippen LogP contribution in [0.15, 0.2) is 24.3 Å². The molecule has 116 valence electrons. The first kappa shape index (κ1) is 16.0. The molecular formula is C17H25NO3. The fraction of sp³-hybridized carbons (Fsp3) is 0.588. The maximum atomic E-state index is 12.3. The SMILES string of the molecule is CC(C)OCc1ccc(C(=O)N(C)CC2CC(O)C2)cc1. The summed E-state index contributed by atoms with van der Waals surface area (Å²) in [6.07, 6.45) is 1.65. The highest BCUT2D eigenvalue weighted by Gasteiger charge is 2.29. The molecule has 0 spiro atoms. The van der Waals surface area contributed by atoms with E-state index < -0.39 is 0 Å². The molecule has 4 nitrogen and oxygen atoms in total. The molecule has 0 heterocycles. The van der Waals surface area contributed by atoms with Gasteiger partial charge in [0.2, 0.25) is 0 Å². The Balaban J connectivity index is 1.86. The monoisotopic (exact) mass is 291 g/mol. The fourth-order valence-electron chi connectivity index (χ4n) is 2.55. The van der Waals surface area contributed by atoms with Crippen LogP contribution in [-0.2, 0) is 11.3 Å². The van der Waals surface area contributed by atoms with Gasteiger partial charge in [0.05, 0.1) is 18.8 Å². The van der Waals surface area contributed by atoms with E-state index in [1.807, 2.05) is 45.2 Å². The molecule has 0 unspecified atom stereocenters. The summed E-state index contributed by atoms with van der Waals surface area (Å²) in [5, 5.41) is 9.29. The minimum atomic E-state index is -0.168. The summed E-state index contributed by atoms with van der Waals surface area (Å²) in [7, 11) is 1.82. The molecule has 1 amide bonds. The van der Waals surface area contributed by atoms with Crippen molar-refractivity contribution < 1.29 is 14.6 Å². The third kappa shape index (κ3) is 4.55. The zero-order chi connectivity index (χ0) is 15.4. The van der Waals surface area contributed by atoms with E-state index >= 15 is 0 Å². The number of hydrogen-bond donors (Lipinski definition) is 1. The van der Waals surface area contributed by atoms with Gasteiger partial charge in [-0.3, -0.25) is 4.79 Å². The Hall–Kier alpha value is -1.39. The third-order valence-corrected chi connectivity index (χ3v) is 3.87. The number of hydrogen-bond acceptors (Lipinski definition) is 3. The lowest BCUT2D eigenvalue weighted by Crippen LogP contribution is -2.39. The number of aliphatic hydroxyl groups is 1. The largest absolute Gasteiger partial charge is 0.393 e. The van der Waals surface area contributed by atoms with Gasteiger partial charge in [-0.25, -0.2) is 0 Å². The van der Waals surface area contributed by atoms with Crippen molar-refractivity contribution in [2.45, 2.75) is 45.5 Å². The number of rotatable bonds is 6. The maximum Gasteiger partial charge on any atom is 0.253 e. The van der Waals surface area contributed by atoms with E-state index in [4.69, 9.17) is 4.74 Å². The number of carbonyl (C=O) groups is 1. The van der Waals surface area contributed by atoms with Crippen molar-refractivity contribution in [3.05, 3.63) is 35.4 Å². The van der Waals surface area contributed by atoms with Gasteiger partial charge in [0.25, 0.3) is 5.91 Å². The molecule has 2 rings (SSSR count). The molecule has 1 aromatic carbocycles. The van der Waals surface area contributed by atoms with Crippen molar-refractivity contribution >= 4 is 5.91 Å². The van der Waals surface area contributed by atoms with Crippen molar-refractivity contribution in [1.82, 2.24) is 4.90 Å². The van der Waals surface area contributed by atoms with Crippen LogP contribution < -0.4 is 0 Å². The molecule has 1 aliphatic carbocycles. The molecule has 21 heavy (non-hydrogen) atoms. The smallest absolute Gasteiger partial charge is 0.253 e. The first-order valence-electron chi connectivity index (χ1n) is 7.59. The van der Waals surface area contributed by atoms with Crippen molar-refractivity contribution in [2.24, 2.45) is 5.92 Å². The summed E-state index contributed by atoms with van der Waals surface area (Å²) < 4.78 is 5.54. The van der Waals surface area contributed by atoms with E-state index in [1.54, 1.807) is 4.90 Å². The second-order valence-electron chi connectivity index (χ2n) is 6.23. The zero-order valence-corrected chi connectivity index (χ0v) is 13.1. The van der Waals surface area contributed by atoms with E-state index in [2.05, 4.69) is 0 Å². The summed E-state index contributed by atoms with van der Waals surface area (Å²) >= 11 is 0. The molecule has 0 aromatic heterocycles. The summed E-state index contributed by atoms with van der Waals surface area (Å²) in [6.45, 7) is 5.30. The van der Waals surface area contributed by atoms with Crippen LogP contribution in [0.3, 0.4) is 0 Å². The minimum Gasteiger partial charge on any atom is -0.393 e. The first-order chi connectivity index (χ1) is 9.95. The highest BCUT2D eigenvalue weighted by atomic mass is 16.5. The van der Waals surface area contributed by atoms with Gasteiger partial charge in [0, 0.05) is 19.2 Å². The third-order valence-electron chi connectivity index (χ3n) is 3.87. The van der Waals surface area contributed by atoms with Crippen LogP contribution in [0.2, 0.25) is 0 Å². The molecule has 0 atom stereocenters. The second-order valence-corrected chi connectivity index (χ2v) is 6.23. The number of amides is 1. The number of carbonyl (C=O) groups excluding carboxylic acids is 1. The molecule has 1 saturated carbocycles. The maximum absolute atomic E-state index is 12.3. The number of aliphatic hydroxyl groups excluding tert-OH is 1. The van der Waals surface area contributed by atoms with E-state index in [9.17, 15) is 9.90 Å². The predicted octanol–water partition coefficient (Wildman–Crippen LogP) is 2.45. The van der Waals surface area contributed by atoms with Gasteiger partial charge in [-0.1, -0.05) is 12.1 Å². The molecular weight excluding hydrogens is 266 g/mol. The highest BCUT2D eigenvalue weighted by molar-refractivity contribution is 5.94. The van der Waals surface area contributed by atoms with Crippen LogP contribution in [0, 0.1) is 5.92 Å². The standard InChI is InChI=1S/C17H25NO3/c1-12(2)21-11-13-4-6-15(7-5-13)17(20)18(3)10-14-8-16(19)9-14/h4-7,12,14,16,19H,8-11H2,1-3H3. The normalized spacial score (nSPS) is 21.2. The van der Waals surface area contributed by atoms with Crippen LogP contribution in [-0.4, -0.2) is 41.7 Å². The molecule has 1 aromatic rings. The Kier molecular flexibility index (Phi) is 5.37. The lowest BCUT2D eigenvalue weighted by atomic mass is 9.82. The van der Waals surface area contributed by atoms with E-state index in [0.717, 1.165) is 18.4 Å². The van der Waals surface area contributed by atoms with Gasteiger partial charge in [-0.15, -0.1) is 0 Å². The second kappa shape index (κ2) is 7.05. The van der Waals surface area contributed by atoms with E-state index in [-0.39, 0.29) is 18.1 Å². The number of nitrogens with zero attached hydrogens (tertiary/aromatic N) is 1. The van der Waals surface area contributed by atoms with Gasteiger partial charge in [0.1, 0.15) is 0 Å².